The van der Waals surface area contributed by atoms with Gasteiger partial charge in [-0.25, -0.2) is 0 Å². The van der Waals surface area contributed by atoms with Crippen LogP contribution in [0.5, 0.6) is 0 Å². The molecule has 4 heteroatoms. The van der Waals surface area contributed by atoms with Crippen molar-refractivity contribution in [1.82, 2.24) is 9.88 Å². The van der Waals surface area contributed by atoms with Crippen LogP contribution in [-0.4, -0.2) is 37.1 Å². The molecule has 0 saturated heterocycles. The van der Waals surface area contributed by atoms with Gasteiger partial charge in [-0.05, 0) is 44.6 Å². The van der Waals surface area contributed by atoms with Gasteiger partial charge in [0.1, 0.15) is 0 Å². The van der Waals surface area contributed by atoms with E-state index in [1.807, 2.05) is 44.1 Å². The number of fused-ring (bicyclic) bond motifs is 1. The summed E-state index contributed by atoms with van der Waals surface area (Å²) < 4.78 is 0. The molecule has 2 rings (SSSR count). The number of H-pyrrole nitrogens is 1. The predicted octanol–water partition coefficient (Wildman–Crippen LogP) is 3.52. The Labute approximate surface area is 139 Å². The number of aromatic nitrogens is 1. The van der Waals surface area contributed by atoms with Crippen LogP contribution in [0.15, 0.2) is 23.0 Å². The molecule has 0 aliphatic heterocycles. The number of hydrogen-bond donors (Lipinski definition) is 1. The summed E-state index contributed by atoms with van der Waals surface area (Å²) >= 11 is 0. The molecule has 1 heterocycles. The van der Waals surface area contributed by atoms with E-state index in [1.54, 1.807) is 0 Å². The van der Waals surface area contributed by atoms with Gasteiger partial charge in [0.2, 0.25) is 0 Å². The fourth-order valence-electron chi connectivity index (χ4n) is 2.86. The Hall–Kier alpha value is -1.81. The highest BCUT2D eigenvalue weighted by Gasteiger charge is 2.13. The van der Waals surface area contributed by atoms with Crippen LogP contribution in [0, 0.1) is 6.92 Å². The first-order valence-corrected chi connectivity index (χ1v) is 8.53. The summed E-state index contributed by atoms with van der Waals surface area (Å²) in [5.74, 6) is 0. The molecule has 1 N–H and O–H groups in total. The molecule has 0 bridgehead atoms. The lowest BCUT2D eigenvalue weighted by molar-refractivity contribution is 0.274. The maximum absolute atomic E-state index is 13.0. The van der Waals surface area contributed by atoms with Crippen LogP contribution in [0.3, 0.4) is 0 Å². The molecule has 2 aromatic rings. The Morgan fingerprint density at radius 1 is 1.17 bits per heavy atom. The van der Waals surface area contributed by atoms with E-state index in [0.29, 0.717) is 0 Å². The lowest BCUT2D eigenvalue weighted by Crippen LogP contribution is -2.28. The summed E-state index contributed by atoms with van der Waals surface area (Å²) in [5.41, 5.74) is 4.01. The van der Waals surface area contributed by atoms with Crippen molar-refractivity contribution in [3.05, 3.63) is 39.7 Å². The zero-order valence-electron chi connectivity index (χ0n) is 15.1. The molecule has 4 nitrogen and oxygen atoms in total. The van der Waals surface area contributed by atoms with E-state index in [9.17, 15) is 4.79 Å². The van der Waals surface area contributed by atoms with Crippen LogP contribution < -0.4 is 10.3 Å². The zero-order valence-corrected chi connectivity index (χ0v) is 15.1. The number of unbranched alkanes of at least 4 members (excludes halogenated alkanes) is 1. The van der Waals surface area contributed by atoms with Gasteiger partial charge in [-0.1, -0.05) is 20.3 Å². The minimum absolute atomic E-state index is 0.162. The monoisotopic (exact) mass is 315 g/mol. The number of nitrogens with zero attached hydrogens (tertiary/aromatic N) is 2. The van der Waals surface area contributed by atoms with E-state index in [2.05, 4.69) is 23.7 Å². The van der Waals surface area contributed by atoms with Crippen LogP contribution in [0.1, 0.15) is 37.9 Å². The summed E-state index contributed by atoms with van der Waals surface area (Å²) in [6, 6.07) is 6.02. The Morgan fingerprint density at radius 3 is 2.52 bits per heavy atom. The maximum atomic E-state index is 13.0. The highest BCUT2D eigenvalue weighted by Crippen LogP contribution is 2.19. The topological polar surface area (TPSA) is 39.3 Å². The summed E-state index contributed by atoms with van der Waals surface area (Å²) in [6.07, 6.45) is 2.35. The van der Waals surface area contributed by atoms with Gasteiger partial charge in [0.25, 0.3) is 0 Å². The van der Waals surface area contributed by atoms with Crippen molar-refractivity contribution in [2.45, 2.75) is 40.2 Å². The molecular weight excluding hydrogens is 286 g/mol. The molecule has 0 saturated carbocycles. The normalized spacial score (nSPS) is 11.4. The Balaban J connectivity index is 2.45. The first-order chi connectivity index (χ1) is 11.0. The highest BCUT2D eigenvalue weighted by molar-refractivity contribution is 5.83. The second kappa shape index (κ2) is 7.64. The molecule has 0 radical (unpaired) electrons. The number of benzene rings is 1. The second-order valence-corrected chi connectivity index (χ2v) is 6.40. The van der Waals surface area contributed by atoms with Gasteiger partial charge < -0.3 is 9.88 Å². The lowest BCUT2D eigenvalue weighted by Gasteiger charge is -2.21. The number of aromatic amines is 1. The van der Waals surface area contributed by atoms with E-state index < -0.39 is 0 Å². The van der Waals surface area contributed by atoms with Gasteiger partial charge in [0.15, 0.2) is 5.43 Å². The first kappa shape index (κ1) is 17.5. The largest absolute Gasteiger partial charge is 0.378 e. The Kier molecular flexibility index (Phi) is 5.83. The Bertz CT molecular complexity index is 718. The molecule has 1 aromatic carbocycles. The van der Waals surface area contributed by atoms with Crippen LogP contribution in [0.2, 0.25) is 0 Å². The molecule has 0 amide bonds. The molecule has 0 unspecified atom stereocenters. The van der Waals surface area contributed by atoms with E-state index in [0.717, 1.165) is 47.5 Å². The number of nitrogens with one attached hydrogen (secondary N) is 1. The highest BCUT2D eigenvalue weighted by atomic mass is 16.1. The first-order valence-electron chi connectivity index (χ1n) is 8.53. The van der Waals surface area contributed by atoms with Crippen LogP contribution in [0.4, 0.5) is 5.69 Å². The summed E-state index contributed by atoms with van der Waals surface area (Å²) in [4.78, 5) is 20.8. The summed E-state index contributed by atoms with van der Waals surface area (Å²) in [7, 11) is 3.99. The van der Waals surface area contributed by atoms with Crippen molar-refractivity contribution in [1.29, 1.82) is 0 Å². The molecule has 23 heavy (non-hydrogen) atoms. The molecule has 0 atom stereocenters. The molecule has 0 fully saturated rings. The van der Waals surface area contributed by atoms with Crippen molar-refractivity contribution in [2.24, 2.45) is 0 Å². The quantitative estimate of drug-likeness (QED) is 0.849. The van der Waals surface area contributed by atoms with Crippen LogP contribution >= 0.6 is 0 Å². The summed E-state index contributed by atoms with van der Waals surface area (Å²) in [6.45, 7) is 9.09. The van der Waals surface area contributed by atoms with Gasteiger partial charge in [-0.15, -0.1) is 0 Å². The molecule has 126 valence electrons. The van der Waals surface area contributed by atoms with Crippen molar-refractivity contribution >= 4 is 16.6 Å². The van der Waals surface area contributed by atoms with Gasteiger partial charge in [-0.2, -0.15) is 0 Å². The van der Waals surface area contributed by atoms with E-state index in [-0.39, 0.29) is 5.43 Å². The number of anilines is 1. The van der Waals surface area contributed by atoms with E-state index in [1.165, 1.54) is 12.8 Å². The van der Waals surface area contributed by atoms with Crippen molar-refractivity contribution in [3.63, 3.8) is 0 Å². The fraction of sp³-hybridized carbons (Fsp3) is 0.526. The van der Waals surface area contributed by atoms with Crippen LogP contribution in [-0.2, 0) is 6.54 Å². The maximum Gasteiger partial charge on any atom is 0.194 e. The number of rotatable bonds is 7. The molecular formula is C19H29N3O. The molecule has 0 aliphatic rings. The lowest BCUT2D eigenvalue weighted by atomic mass is 10.1. The average Bonchev–Trinajstić information content (AvgIpc) is 2.53. The predicted molar refractivity (Wildman–Crippen MR) is 99.5 cm³/mol. The number of pyridine rings is 1. The van der Waals surface area contributed by atoms with Crippen molar-refractivity contribution in [3.8, 4) is 0 Å². The third-order valence-electron chi connectivity index (χ3n) is 4.47. The van der Waals surface area contributed by atoms with Crippen molar-refractivity contribution < 1.29 is 0 Å². The number of hydrogen-bond acceptors (Lipinski definition) is 3. The van der Waals surface area contributed by atoms with E-state index in [4.69, 9.17) is 0 Å². The molecule has 0 spiro atoms. The van der Waals surface area contributed by atoms with Gasteiger partial charge in [0.05, 0.1) is 0 Å². The van der Waals surface area contributed by atoms with Crippen molar-refractivity contribution in [2.75, 3.05) is 32.1 Å². The Morgan fingerprint density at radius 2 is 1.91 bits per heavy atom. The third kappa shape index (κ3) is 3.94. The van der Waals surface area contributed by atoms with Crippen LogP contribution in [0.25, 0.3) is 10.9 Å². The SMILES string of the molecule is CCCCN(CC)Cc1c(C)[nH]c2ccc(N(C)C)cc2c1=O. The van der Waals surface area contributed by atoms with Gasteiger partial charge >= 0.3 is 0 Å². The minimum atomic E-state index is 0.162. The zero-order chi connectivity index (χ0) is 17.0. The third-order valence-corrected chi connectivity index (χ3v) is 4.47. The average molecular weight is 315 g/mol. The molecule has 0 aliphatic carbocycles. The minimum Gasteiger partial charge on any atom is -0.378 e. The summed E-state index contributed by atoms with van der Waals surface area (Å²) in [5, 5.41) is 0.781. The fourth-order valence-corrected chi connectivity index (χ4v) is 2.86. The van der Waals surface area contributed by atoms with Gasteiger partial charge in [0, 0.05) is 48.5 Å². The second-order valence-electron chi connectivity index (χ2n) is 6.40. The standard InChI is InChI=1S/C19H29N3O/c1-6-8-11-22(7-2)13-17-14(3)20-18-10-9-15(21(4)5)12-16(18)19(17)23/h9-10,12H,6-8,11,13H2,1-5H3,(H,20,23). The molecule has 1 aromatic heterocycles. The smallest absolute Gasteiger partial charge is 0.194 e. The van der Waals surface area contributed by atoms with E-state index >= 15 is 0 Å². The van der Waals surface area contributed by atoms with Gasteiger partial charge in [-0.3, -0.25) is 9.69 Å². The number of aryl methyl sites for hydroxylation is 1.